The van der Waals surface area contributed by atoms with Crippen molar-refractivity contribution in [2.24, 2.45) is 5.73 Å². The van der Waals surface area contributed by atoms with Crippen LogP contribution < -0.4 is 10.5 Å². The van der Waals surface area contributed by atoms with Crippen LogP contribution in [0.3, 0.4) is 0 Å². The number of piperidine rings is 1. The largest absolute Gasteiger partial charge is 0.489 e. The molecule has 0 saturated carbocycles. The van der Waals surface area contributed by atoms with E-state index in [0.29, 0.717) is 23.6 Å². The fourth-order valence-electron chi connectivity index (χ4n) is 3.08. The maximum atomic E-state index is 12.9. The predicted molar refractivity (Wildman–Crippen MR) is 101 cm³/mol. The number of hydrogen-bond acceptors (Lipinski definition) is 5. The molecule has 0 aliphatic carbocycles. The molecular formula is C19H23N3O4S. The van der Waals surface area contributed by atoms with Crippen molar-refractivity contribution in [3.63, 3.8) is 0 Å². The zero-order valence-corrected chi connectivity index (χ0v) is 16.0. The van der Waals surface area contributed by atoms with E-state index in [-0.39, 0.29) is 18.3 Å². The Balaban J connectivity index is 1.73. The van der Waals surface area contributed by atoms with Gasteiger partial charge in [0.05, 0.1) is 11.4 Å². The number of pyridine rings is 1. The number of aryl methyl sites for hydroxylation is 1. The number of amides is 1. The SMILES string of the molecule is CCc1ccc(S(=O)(=O)N2CCCC(Oc3ccnc(C(N)=O)c3)C2)cc1. The number of carbonyl (C=O) groups excluding carboxylic acids is 1. The highest BCUT2D eigenvalue weighted by molar-refractivity contribution is 7.89. The van der Waals surface area contributed by atoms with E-state index in [9.17, 15) is 13.2 Å². The van der Waals surface area contributed by atoms with Gasteiger partial charge in [0, 0.05) is 18.8 Å². The van der Waals surface area contributed by atoms with Crippen LogP contribution in [-0.2, 0) is 16.4 Å². The molecule has 1 aliphatic heterocycles. The zero-order chi connectivity index (χ0) is 19.4. The van der Waals surface area contributed by atoms with Gasteiger partial charge in [0.25, 0.3) is 5.91 Å². The van der Waals surface area contributed by atoms with Gasteiger partial charge in [0.15, 0.2) is 0 Å². The van der Waals surface area contributed by atoms with Gasteiger partial charge in [-0.05, 0) is 43.0 Å². The molecule has 1 atom stereocenters. The van der Waals surface area contributed by atoms with Crippen molar-refractivity contribution in [3.8, 4) is 5.75 Å². The average molecular weight is 389 g/mol. The summed E-state index contributed by atoms with van der Waals surface area (Å²) < 4.78 is 33.2. The molecule has 7 nitrogen and oxygen atoms in total. The van der Waals surface area contributed by atoms with Crippen molar-refractivity contribution < 1.29 is 17.9 Å². The molecule has 1 saturated heterocycles. The number of primary amides is 1. The van der Waals surface area contributed by atoms with E-state index in [1.807, 2.05) is 19.1 Å². The van der Waals surface area contributed by atoms with E-state index in [4.69, 9.17) is 10.5 Å². The van der Waals surface area contributed by atoms with Crippen LogP contribution in [0.2, 0.25) is 0 Å². The molecule has 3 rings (SSSR count). The smallest absolute Gasteiger partial charge is 0.267 e. The maximum Gasteiger partial charge on any atom is 0.267 e. The van der Waals surface area contributed by atoms with Crippen molar-refractivity contribution in [2.75, 3.05) is 13.1 Å². The first kappa shape index (κ1) is 19.3. The molecule has 0 radical (unpaired) electrons. The number of hydrogen-bond donors (Lipinski definition) is 1. The van der Waals surface area contributed by atoms with Crippen LogP contribution in [0.15, 0.2) is 47.5 Å². The third-order valence-electron chi connectivity index (χ3n) is 4.60. The molecule has 0 bridgehead atoms. The Labute approximate surface area is 159 Å². The first-order valence-electron chi connectivity index (χ1n) is 8.91. The van der Waals surface area contributed by atoms with Gasteiger partial charge in [-0.1, -0.05) is 19.1 Å². The molecule has 1 aliphatic rings. The van der Waals surface area contributed by atoms with E-state index in [2.05, 4.69) is 4.98 Å². The van der Waals surface area contributed by atoms with Gasteiger partial charge in [-0.3, -0.25) is 9.78 Å². The summed E-state index contributed by atoms with van der Waals surface area (Å²) >= 11 is 0. The molecule has 2 heterocycles. The minimum atomic E-state index is -3.57. The standard InChI is InChI=1S/C19H23N3O4S/c1-2-14-5-7-17(8-6-14)27(24,25)22-11-3-4-16(13-22)26-15-9-10-21-18(12-15)19(20)23/h5-10,12,16H,2-4,11,13H2,1H3,(H2,20,23). The van der Waals surface area contributed by atoms with E-state index in [0.717, 1.165) is 18.4 Å². The van der Waals surface area contributed by atoms with E-state index in [1.54, 1.807) is 18.2 Å². The number of sulfonamides is 1. The predicted octanol–water partition coefficient (Wildman–Crippen LogP) is 1.97. The van der Waals surface area contributed by atoms with Crippen LogP contribution in [0.4, 0.5) is 0 Å². The van der Waals surface area contributed by atoms with Gasteiger partial charge in [-0.2, -0.15) is 4.31 Å². The molecule has 144 valence electrons. The lowest BCUT2D eigenvalue weighted by Gasteiger charge is -2.32. The molecule has 1 amide bonds. The summed E-state index contributed by atoms with van der Waals surface area (Å²) in [5, 5.41) is 0. The lowest BCUT2D eigenvalue weighted by atomic mass is 10.1. The van der Waals surface area contributed by atoms with E-state index >= 15 is 0 Å². The van der Waals surface area contributed by atoms with Crippen molar-refractivity contribution in [3.05, 3.63) is 53.9 Å². The maximum absolute atomic E-state index is 12.9. The van der Waals surface area contributed by atoms with Crippen LogP contribution in [0.5, 0.6) is 5.75 Å². The second kappa shape index (κ2) is 8.06. The molecule has 1 fully saturated rings. The zero-order valence-electron chi connectivity index (χ0n) is 15.2. The molecule has 8 heteroatoms. The number of nitrogens with two attached hydrogens (primary N) is 1. The Hall–Kier alpha value is -2.45. The van der Waals surface area contributed by atoms with Gasteiger partial charge in [0.1, 0.15) is 17.5 Å². The molecule has 27 heavy (non-hydrogen) atoms. The van der Waals surface area contributed by atoms with Gasteiger partial charge in [-0.25, -0.2) is 8.42 Å². The lowest BCUT2D eigenvalue weighted by molar-refractivity contribution is 0.0993. The van der Waals surface area contributed by atoms with Crippen LogP contribution >= 0.6 is 0 Å². The third kappa shape index (κ3) is 4.45. The summed E-state index contributed by atoms with van der Waals surface area (Å²) in [6, 6.07) is 10.1. The Morgan fingerprint density at radius 2 is 2.04 bits per heavy atom. The van der Waals surface area contributed by atoms with Crippen molar-refractivity contribution in [1.82, 2.24) is 9.29 Å². The number of rotatable bonds is 6. The molecular weight excluding hydrogens is 366 g/mol. The Morgan fingerprint density at radius 3 is 2.70 bits per heavy atom. The number of aromatic nitrogens is 1. The van der Waals surface area contributed by atoms with E-state index in [1.165, 1.54) is 16.6 Å². The Morgan fingerprint density at radius 1 is 1.30 bits per heavy atom. The number of benzene rings is 1. The van der Waals surface area contributed by atoms with Gasteiger partial charge in [0.2, 0.25) is 10.0 Å². The minimum Gasteiger partial charge on any atom is -0.489 e. The molecule has 1 unspecified atom stereocenters. The summed E-state index contributed by atoms with van der Waals surface area (Å²) in [6.07, 6.45) is 3.44. The Kier molecular flexibility index (Phi) is 5.76. The van der Waals surface area contributed by atoms with Crippen LogP contribution in [0.25, 0.3) is 0 Å². The Bertz CT molecular complexity index is 913. The van der Waals surface area contributed by atoms with Gasteiger partial charge >= 0.3 is 0 Å². The van der Waals surface area contributed by atoms with Crippen molar-refractivity contribution in [2.45, 2.75) is 37.2 Å². The number of ether oxygens (including phenoxy) is 1. The van der Waals surface area contributed by atoms with Crippen LogP contribution in [0.1, 0.15) is 35.8 Å². The minimum absolute atomic E-state index is 0.115. The van der Waals surface area contributed by atoms with Gasteiger partial charge < -0.3 is 10.5 Å². The van der Waals surface area contributed by atoms with Crippen molar-refractivity contribution >= 4 is 15.9 Å². The summed E-state index contributed by atoms with van der Waals surface area (Å²) in [4.78, 5) is 15.4. The second-order valence-electron chi connectivity index (χ2n) is 6.48. The van der Waals surface area contributed by atoms with Crippen LogP contribution in [-0.4, -0.2) is 42.8 Å². The average Bonchev–Trinajstić information content (AvgIpc) is 2.68. The first-order chi connectivity index (χ1) is 12.9. The molecule has 2 aromatic rings. The summed E-state index contributed by atoms with van der Waals surface area (Å²) in [7, 11) is -3.57. The van der Waals surface area contributed by atoms with Crippen LogP contribution in [0, 0.1) is 0 Å². The second-order valence-corrected chi connectivity index (χ2v) is 8.42. The monoisotopic (exact) mass is 389 g/mol. The van der Waals surface area contributed by atoms with Gasteiger partial charge in [-0.15, -0.1) is 0 Å². The molecule has 1 aromatic heterocycles. The summed E-state index contributed by atoms with van der Waals surface area (Å²) in [5.41, 5.74) is 6.44. The topological polar surface area (TPSA) is 103 Å². The quantitative estimate of drug-likeness (QED) is 0.814. The molecule has 2 N–H and O–H groups in total. The van der Waals surface area contributed by atoms with Crippen molar-refractivity contribution in [1.29, 1.82) is 0 Å². The fourth-order valence-corrected chi connectivity index (χ4v) is 4.59. The highest BCUT2D eigenvalue weighted by Crippen LogP contribution is 2.24. The molecule has 1 aromatic carbocycles. The highest BCUT2D eigenvalue weighted by Gasteiger charge is 2.31. The molecule has 0 spiro atoms. The lowest BCUT2D eigenvalue weighted by Crippen LogP contribution is -2.44. The summed E-state index contributed by atoms with van der Waals surface area (Å²) in [5.74, 6) is -0.181. The third-order valence-corrected chi connectivity index (χ3v) is 6.48. The highest BCUT2D eigenvalue weighted by atomic mass is 32.2. The first-order valence-corrected chi connectivity index (χ1v) is 10.4. The number of nitrogens with zero attached hydrogens (tertiary/aromatic N) is 2. The fraction of sp³-hybridized carbons (Fsp3) is 0.368. The number of carbonyl (C=O) groups is 1. The normalized spacial score (nSPS) is 18.2. The van der Waals surface area contributed by atoms with E-state index < -0.39 is 15.9 Å². The summed E-state index contributed by atoms with van der Waals surface area (Å²) in [6.45, 7) is 2.74.